The molecule has 1 aromatic heterocycles. The third-order valence-electron chi connectivity index (χ3n) is 5.76. The number of hydrogen-bond donors (Lipinski definition) is 2. The van der Waals surface area contributed by atoms with Gasteiger partial charge in [-0.15, -0.1) is 0 Å². The molecule has 0 radical (unpaired) electrons. The van der Waals surface area contributed by atoms with E-state index in [0.29, 0.717) is 22.5 Å². The van der Waals surface area contributed by atoms with E-state index in [0.717, 1.165) is 27.9 Å². The fourth-order valence-corrected chi connectivity index (χ4v) is 4.08. The molecule has 1 amide bonds. The number of nitrogens with zero attached hydrogens (tertiary/aromatic N) is 1. The van der Waals surface area contributed by atoms with E-state index in [2.05, 4.69) is 15.6 Å². The lowest BCUT2D eigenvalue weighted by atomic mass is 9.99. The predicted octanol–water partition coefficient (Wildman–Crippen LogP) is 5.86. The number of hydrogen-bond acceptors (Lipinski definition) is 5. The highest BCUT2D eigenvalue weighted by Gasteiger charge is 2.29. The van der Waals surface area contributed by atoms with Crippen LogP contribution in [0, 0.1) is 0 Å². The molecule has 172 valence electrons. The van der Waals surface area contributed by atoms with E-state index in [-0.39, 0.29) is 12.5 Å². The van der Waals surface area contributed by atoms with Gasteiger partial charge in [-0.05, 0) is 60.0 Å². The smallest absolute Gasteiger partial charge is 0.338 e. The van der Waals surface area contributed by atoms with Gasteiger partial charge in [0.05, 0.1) is 29.1 Å². The lowest BCUT2D eigenvalue weighted by molar-refractivity contribution is -0.110. The SMILES string of the molecule is CCOC(=O)c1ccc2c(c1)NC(=O)C2=C(Nc1ccc(-c2ccncc2)cc1)c1ccccc1. The maximum absolute atomic E-state index is 13.2. The van der Waals surface area contributed by atoms with E-state index in [1.807, 2.05) is 66.7 Å². The number of amides is 1. The average Bonchev–Trinajstić information content (AvgIpc) is 3.23. The molecule has 6 nitrogen and oxygen atoms in total. The van der Waals surface area contributed by atoms with Crippen molar-refractivity contribution in [1.82, 2.24) is 4.98 Å². The van der Waals surface area contributed by atoms with E-state index in [4.69, 9.17) is 4.74 Å². The number of esters is 1. The maximum atomic E-state index is 13.2. The van der Waals surface area contributed by atoms with Crippen LogP contribution in [0.5, 0.6) is 0 Å². The molecule has 0 spiro atoms. The zero-order chi connectivity index (χ0) is 24.2. The first-order valence-electron chi connectivity index (χ1n) is 11.3. The zero-order valence-electron chi connectivity index (χ0n) is 19.1. The van der Waals surface area contributed by atoms with Gasteiger partial charge >= 0.3 is 5.97 Å². The third kappa shape index (κ3) is 4.54. The van der Waals surface area contributed by atoms with Crippen LogP contribution in [-0.4, -0.2) is 23.5 Å². The van der Waals surface area contributed by atoms with E-state index in [1.165, 1.54) is 0 Å². The number of aromatic nitrogens is 1. The van der Waals surface area contributed by atoms with Crippen molar-refractivity contribution in [3.63, 3.8) is 0 Å². The highest BCUT2D eigenvalue weighted by atomic mass is 16.5. The minimum atomic E-state index is -0.419. The predicted molar refractivity (Wildman–Crippen MR) is 138 cm³/mol. The van der Waals surface area contributed by atoms with Gasteiger partial charge in [-0.1, -0.05) is 48.5 Å². The van der Waals surface area contributed by atoms with Crippen molar-refractivity contribution in [3.05, 3.63) is 114 Å². The molecule has 5 rings (SSSR count). The van der Waals surface area contributed by atoms with E-state index < -0.39 is 5.97 Å². The van der Waals surface area contributed by atoms with E-state index in [1.54, 1.807) is 37.5 Å². The Morgan fingerprint density at radius 2 is 1.60 bits per heavy atom. The zero-order valence-corrected chi connectivity index (χ0v) is 19.1. The number of rotatable bonds is 6. The lowest BCUT2D eigenvalue weighted by Crippen LogP contribution is -2.10. The van der Waals surface area contributed by atoms with Crippen LogP contribution in [-0.2, 0) is 9.53 Å². The molecule has 3 aromatic carbocycles. The first-order chi connectivity index (χ1) is 17.1. The number of fused-ring (bicyclic) bond motifs is 1. The third-order valence-corrected chi connectivity index (χ3v) is 5.76. The molecule has 35 heavy (non-hydrogen) atoms. The molecular formula is C29H23N3O3. The van der Waals surface area contributed by atoms with Gasteiger partial charge in [-0.3, -0.25) is 9.78 Å². The highest BCUT2D eigenvalue weighted by molar-refractivity contribution is 6.37. The number of ether oxygens (including phenoxy) is 1. The van der Waals surface area contributed by atoms with Crippen molar-refractivity contribution in [3.8, 4) is 11.1 Å². The topological polar surface area (TPSA) is 80.3 Å². The Hall–Kier alpha value is -4.71. The Morgan fingerprint density at radius 3 is 2.31 bits per heavy atom. The van der Waals surface area contributed by atoms with E-state index in [9.17, 15) is 9.59 Å². The summed E-state index contributed by atoms with van der Waals surface area (Å²) in [6.07, 6.45) is 3.53. The van der Waals surface area contributed by atoms with Crippen LogP contribution < -0.4 is 10.6 Å². The molecule has 0 aliphatic carbocycles. The molecule has 0 saturated heterocycles. The van der Waals surface area contributed by atoms with Gasteiger partial charge in [-0.25, -0.2) is 4.79 Å². The number of anilines is 2. The molecule has 0 atom stereocenters. The summed E-state index contributed by atoms with van der Waals surface area (Å²) in [4.78, 5) is 29.4. The number of pyridine rings is 1. The van der Waals surface area contributed by atoms with Crippen LogP contribution in [0.25, 0.3) is 22.4 Å². The first kappa shape index (κ1) is 22.1. The summed E-state index contributed by atoms with van der Waals surface area (Å²) in [5, 5.41) is 6.36. The monoisotopic (exact) mass is 461 g/mol. The number of carbonyl (C=O) groups is 2. The van der Waals surface area contributed by atoms with Crippen LogP contribution >= 0.6 is 0 Å². The number of carbonyl (C=O) groups excluding carboxylic acids is 2. The fraction of sp³-hybridized carbons (Fsp3) is 0.0690. The van der Waals surface area contributed by atoms with Gasteiger partial charge in [0.2, 0.25) is 0 Å². The van der Waals surface area contributed by atoms with Crippen LogP contribution in [0.2, 0.25) is 0 Å². The summed E-state index contributed by atoms with van der Waals surface area (Å²) in [6, 6.07) is 26.8. The van der Waals surface area contributed by atoms with Gasteiger partial charge < -0.3 is 15.4 Å². The summed E-state index contributed by atoms with van der Waals surface area (Å²) >= 11 is 0. The maximum Gasteiger partial charge on any atom is 0.338 e. The molecule has 1 aliphatic rings. The largest absolute Gasteiger partial charge is 0.462 e. The minimum absolute atomic E-state index is 0.235. The fourth-order valence-electron chi connectivity index (χ4n) is 4.08. The molecule has 0 unspecified atom stereocenters. The second-order valence-electron chi connectivity index (χ2n) is 7.99. The Balaban J connectivity index is 1.55. The molecule has 4 aromatic rings. The minimum Gasteiger partial charge on any atom is -0.462 e. The lowest BCUT2D eigenvalue weighted by Gasteiger charge is -2.15. The molecule has 0 bridgehead atoms. The molecular weight excluding hydrogens is 438 g/mol. The van der Waals surface area contributed by atoms with Crippen LogP contribution in [0.4, 0.5) is 11.4 Å². The molecule has 0 fully saturated rings. The molecule has 2 heterocycles. The van der Waals surface area contributed by atoms with Gasteiger partial charge in [0.15, 0.2) is 0 Å². The van der Waals surface area contributed by atoms with E-state index >= 15 is 0 Å². The normalized spacial score (nSPS) is 13.6. The summed E-state index contributed by atoms with van der Waals surface area (Å²) in [5.41, 5.74) is 6.77. The van der Waals surface area contributed by atoms with Crippen molar-refractivity contribution in [2.45, 2.75) is 6.92 Å². The Kier molecular flexibility index (Phi) is 6.09. The van der Waals surface area contributed by atoms with Crippen LogP contribution in [0.15, 0.2) is 97.3 Å². The van der Waals surface area contributed by atoms with Crippen molar-refractivity contribution in [2.75, 3.05) is 17.2 Å². The Labute approximate surface area is 203 Å². The van der Waals surface area contributed by atoms with Crippen molar-refractivity contribution >= 4 is 34.5 Å². The molecule has 1 aliphatic heterocycles. The van der Waals surface area contributed by atoms with Gasteiger partial charge in [-0.2, -0.15) is 0 Å². The first-order valence-corrected chi connectivity index (χ1v) is 11.3. The summed E-state index contributed by atoms with van der Waals surface area (Å²) in [6.45, 7) is 2.05. The van der Waals surface area contributed by atoms with Gasteiger partial charge in [0.25, 0.3) is 5.91 Å². The quantitative estimate of drug-likeness (QED) is 0.278. The van der Waals surface area contributed by atoms with Gasteiger partial charge in [0, 0.05) is 23.6 Å². The van der Waals surface area contributed by atoms with Crippen LogP contribution in [0.1, 0.15) is 28.4 Å². The van der Waals surface area contributed by atoms with Crippen molar-refractivity contribution in [1.29, 1.82) is 0 Å². The number of benzene rings is 3. The molecule has 6 heteroatoms. The number of nitrogens with one attached hydrogen (secondary N) is 2. The summed E-state index contributed by atoms with van der Waals surface area (Å²) < 4.78 is 5.10. The Bertz CT molecular complexity index is 1410. The summed E-state index contributed by atoms with van der Waals surface area (Å²) in [7, 11) is 0. The van der Waals surface area contributed by atoms with Crippen molar-refractivity contribution < 1.29 is 14.3 Å². The second kappa shape index (κ2) is 9.65. The van der Waals surface area contributed by atoms with Crippen LogP contribution in [0.3, 0.4) is 0 Å². The standard InChI is InChI=1S/C29H23N3O3/c1-2-35-29(34)22-10-13-24-25(18-22)32-28(33)26(24)27(21-6-4-3-5-7-21)31-23-11-8-19(9-12-23)20-14-16-30-17-15-20/h3-18,31H,2H2,1H3,(H,32,33). The average molecular weight is 462 g/mol. The second-order valence-corrected chi connectivity index (χ2v) is 7.99. The highest BCUT2D eigenvalue weighted by Crippen LogP contribution is 2.38. The van der Waals surface area contributed by atoms with Gasteiger partial charge in [0.1, 0.15) is 0 Å². The van der Waals surface area contributed by atoms with Crippen molar-refractivity contribution in [2.24, 2.45) is 0 Å². The summed E-state index contributed by atoms with van der Waals surface area (Å²) in [5.74, 6) is -0.654. The Morgan fingerprint density at radius 1 is 0.886 bits per heavy atom. The molecule has 0 saturated carbocycles. The molecule has 2 N–H and O–H groups in total.